The van der Waals surface area contributed by atoms with Crippen LogP contribution >= 0.6 is 0 Å². The first-order valence-corrected chi connectivity index (χ1v) is 2.53. The van der Waals surface area contributed by atoms with Crippen LogP contribution in [-0.2, 0) is 11.3 Å². The number of ether oxygens (including phenoxy) is 1. The number of nitrogens with zero attached hydrogens (tertiary/aromatic N) is 2. The molecule has 1 aromatic heterocycles. The van der Waals surface area contributed by atoms with Crippen LogP contribution in [0.15, 0.2) is 10.8 Å². The topological polar surface area (TPSA) is 48.2 Å². The summed E-state index contributed by atoms with van der Waals surface area (Å²) in [7, 11) is 0. The number of rotatable bonds is 2. The molecule has 62 valence electrons. The minimum Gasteiger partial charge on any atom is -0.425 e. The Morgan fingerprint density at radius 1 is 1.55 bits per heavy atom. The van der Waals surface area contributed by atoms with Crippen molar-refractivity contribution in [1.29, 1.82) is 0 Å². The molecule has 0 saturated carbocycles. The van der Waals surface area contributed by atoms with E-state index in [0.717, 1.165) is 6.39 Å². The minimum absolute atomic E-state index is 0.206. The van der Waals surface area contributed by atoms with Crippen molar-refractivity contribution in [1.82, 2.24) is 10.2 Å². The largest absolute Gasteiger partial charge is 0.523 e. The second kappa shape index (κ2) is 2.87. The first kappa shape index (κ1) is 7.99. The highest BCUT2D eigenvalue weighted by atomic mass is 19.4. The third kappa shape index (κ3) is 2.99. The molecule has 0 aliphatic heterocycles. The molecular formula is C4H3F3N2O2. The summed E-state index contributed by atoms with van der Waals surface area (Å²) in [6.45, 7) is -0.747. The highest BCUT2D eigenvalue weighted by Gasteiger charge is 2.29. The van der Waals surface area contributed by atoms with E-state index in [4.69, 9.17) is 0 Å². The van der Waals surface area contributed by atoms with Crippen molar-refractivity contribution in [3.05, 3.63) is 12.3 Å². The normalized spacial score (nSPS) is 11.9. The van der Waals surface area contributed by atoms with Crippen molar-refractivity contribution in [2.24, 2.45) is 0 Å². The summed E-state index contributed by atoms with van der Waals surface area (Å²) in [6.07, 6.45) is -3.73. The van der Waals surface area contributed by atoms with Crippen molar-refractivity contribution < 1.29 is 22.3 Å². The van der Waals surface area contributed by atoms with E-state index < -0.39 is 13.0 Å². The fourth-order valence-electron chi connectivity index (χ4n) is 0.402. The molecule has 0 N–H and O–H groups in total. The molecular weight excluding hydrogens is 165 g/mol. The Morgan fingerprint density at radius 2 is 2.27 bits per heavy atom. The average molecular weight is 168 g/mol. The molecule has 0 saturated heterocycles. The van der Waals surface area contributed by atoms with E-state index in [0.29, 0.717) is 0 Å². The monoisotopic (exact) mass is 168 g/mol. The van der Waals surface area contributed by atoms with E-state index in [9.17, 15) is 13.2 Å². The molecule has 7 heteroatoms. The predicted molar refractivity (Wildman–Crippen MR) is 25.1 cm³/mol. The van der Waals surface area contributed by atoms with Crippen molar-refractivity contribution in [2.45, 2.75) is 13.0 Å². The summed E-state index contributed by atoms with van der Waals surface area (Å²) in [5.41, 5.74) is 0. The Bertz CT molecular complexity index is 208. The SMILES string of the molecule is FC(F)(F)OCc1nnco1. The maximum Gasteiger partial charge on any atom is 0.523 e. The van der Waals surface area contributed by atoms with E-state index in [2.05, 4.69) is 19.4 Å². The van der Waals surface area contributed by atoms with Gasteiger partial charge in [0.25, 0.3) is 0 Å². The molecule has 0 aliphatic rings. The van der Waals surface area contributed by atoms with Crippen LogP contribution in [0.1, 0.15) is 5.89 Å². The van der Waals surface area contributed by atoms with Crippen LogP contribution < -0.4 is 0 Å². The molecule has 1 aromatic rings. The van der Waals surface area contributed by atoms with Crippen LogP contribution in [0.4, 0.5) is 13.2 Å². The quantitative estimate of drug-likeness (QED) is 0.663. The third-order valence-corrected chi connectivity index (χ3v) is 0.764. The Morgan fingerprint density at radius 3 is 2.73 bits per heavy atom. The van der Waals surface area contributed by atoms with Gasteiger partial charge in [0.2, 0.25) is 12.3 Å². The van der Waals surface area contributed by atoms with Gasteiger partial charge in [-0.3, -0.25) is 4.74 Å². The van der Waals surface area contributed by atoms with Gasteiger partial charge < -0.3 is 4.42 Å². The summed E-state index contributed by atoms with van der Waals surface area (Å²) >= 11 is 0. The molecule has 0 bridgehead atoms. The maximum absolute atomic E-state index is 11.3. The standard InChI is InChI=1S/C4H3F3N2O2/c5-4(6,7)11-1-3-9-8-2-10-3/h2H,1H2. The maximum atomic E-state index is 11.3. The Balaban J connectivity index is 2.35. The molecule has 1 heterocycles. The van der Waals surface area contributed by atoms with Crippen LogP contribution in [-0.4, -0.2) is 16.6 Å². The molecule has 4 nitrogen and oxygen atoms in total. The average Bonchev–Trinajstić information content (AvgIpc) is 2.32. The van der Waals surface area contributed by atoms with E-state index in [1.54, 1.807) is 0 Å². The second-order valence-electron chi connectivity index (χ2n) is 1.57. The van der Waals surface area contributed by atoms with E-state index in [1.807, 2.05) is 0 Å². The molecule has 0 atom stereocenters. The molecule has 11 heavy (non-hydrogen) atoms. The number of halogens is 3. The highest BCUT2D eigenvalue weighted by Crippen LogP contribution is 2.17. The van der Waals surface area contributed by atoms with Gasteiger partial charge in [-0.2, -0.15) is 0 Å². The fourth-order valence-corrected chi connectivity index (χ4v) is 0.402. The van der Waals surface area contributed by atoms with Gasteiger partial charge in [-0.1, -0.05) is 0 Å². The van der Waals surface area contributed by atoms with Gasteiger partial charge >= 0.3 is 6.36 Å². The van der Waals surface area contributed by atoms with E-state index >= 15 is 0 Å². The van der Waals surface area contributed by atoms with Gasteiger partial charge in [-0.15, -0.1) is 23.4 Å². The lowest BCUT2D eigenvalue weighted by Crippen LogP contribution is -2.12. The van der Waals surface area contributed by atoms with Crippen molar-refractivity contribution in [2.75, 3.05) is 0 Å². The van der Waals surface area contributed by atoms with Crippen molar-refractivity contribution in [3.8, 4) is 0 Å². The lowest BCUT2D eigenvalue weighted by molar-refractivity contribution is -0.332. The Hall–Kier alpha value is -1.11. The zero-order valence-electron chi connectivity index (χ0n) is 5.13. The van der Waals surface area contributed by atoms with Crippen LogP contribution in [0.5, 0.6) is 0 Å². The van der Waals surface area contributed by atoms with Crippen LogP contribution in [0.3, 0.4) is 0 Å². The van der Waals surface area contributed by atoms with Crippen molar-refractivity contribution >= 4 is 0 Å². The van der Waals surface area contributed by atoms with E-state index in [1.165, 1.54) is 0 Å². The molecule has 0 amide bonds. The first-order valence-electron chi connectivity index (χ1n) is 2.53. The van der Waals surface area contributed by atoms with Gasteiger partial charge in [0, 0.05) is 0 Å². The van der Waals surface area contributed by atoms with E-state index in [-0.39, 0.29) is 5.89 Å². The lowest BCUT2D eigenvalue weighted by Gasteiger charge is -2.02. The van der Waals surface area contributed by atoms with Gasteiger partial charge in [0.05, 0.1) is 0 Å². The van der Waals surface area contributed by atoms with Gasteiger partial charge in [0.15, 0.2) is 0 Å². The summed E-state index contributed by atoms with van der Waals surface area (Å²) in [6, 6.07) is 0. The smallest absolute Gasteiger partial charge is 0.425 e. The zero-order chi connectivity index (χ0) is 8.32. The van der Waals surface area contributed by atoms with Gasteiger partial charge in [0.1, 0.15) is 6.61 Å². The van der Waals surface area contributed by atoms with Gasteiger partial charge in [-0.25, -0.2) is 0 Å². The summed E-state index contributed by atoms with van der Waals surface area (Å²) < 4.78 is 41.8. The van der Waals surface area contributed by atoms with Crippen LogP contribution in [0, 0.1) is 0 Å². The number of hydrogen-bond acceptors (Lipinski definition) is 4. The van der Waals surface area contributed by atoms with Crippen LogP contribution in [0.2, 0.25) is 0 Å². The molecule has 1 rings (SSSR count). The molecule has 0 fully saturated rings. The zero-order valence-corrected chi connectivity index (χ0v) is 5.13. The first-order chi connectivity index (χ1) is 5.08. The third-order valence-electron chi connectivity index (χ3n) is 0.764. The Labute approximate surface area is 59.0 Å². The molecule has 0 aliphatic carbocycles. The fraction of sp³-hybridized carbons (Fsp3) is 0.500. The predicted octanol–water partition coefficient (Wildman–Crippen LogP) is 1.11. The lowest BCUT2D eigenvalue weighted by atomic mass is 10.7. The Kier molecular flexibility index (Phi) is 2.08. The van der Waals surface area contributed by atoms with Crippen molar-refractivity contribution in [3.63, 3.8) is 0 Å². The number of aromatic nitrogens is 2. The van der Waals surface area contributed by atoms with Gasteiger partial charge in [-0.05, 0) is 0 Å². The molecule has 0 spiro atoms. The highest BCUT2D eigenvalue weighted by molar-refractivity contribution is 4.66. The summed E-state index contributed by atoms with van der Waals surface area (Å²) in [4.78, 5) is 0. The molecule has 0 unspecified atom stereocenters. The number of hydrogen-bond donors (Lipinski definition) is 0. The molecule has 0 aromatic carbocycles. The number of alkyl halides is 3. The van der Waals surface area contributed by atoms with Crippen LogP contribution in [0.25, 0.3) is 0 Å². The summed E-state index contributed by atoms with van der Waals surface area (Å²) in [5, 5.41) is 6.34. The summed E-state index contributed by atoms with van der Waals surface area (Å²) in [5.74, 6) is -0.206. The molecule has 0 radical (unpaired) electrons. The second-order valence-corrected chi connectivity index (χ2v) is 1.57. The minimum atomic E-state index is -4.66.